The number of carbonyl (C=O) groups excluding carboxylic acids is 2. The van der Waals surface area contributed by atoms with Crippen LogP contribution in [0.5, 0.6) is 5.75 Å². The first-order valence-electron chi connectivity index (χ1n) is 12.6. The Morgan fingerprint density at radius 3 is 2.15 bits per heavy atom. The van der Waals surface area contributed by atoms with Gasteiger partial charge < -0.3 is 15.0 Å². The maximum atomic E-state index is 13.9. The van der Waals surface area contributed by atoms with Gasteiger partial charge in [-0.2, -0.15) is 0 Å². The third-order valence-electron chi connectivity index (χ3n) is 6.41. The van der Waals surface area contributed by atoms with E-state index in [1.54, 1.807) is 80.8 Å². The number of nitrogens with one attached hydrogen (secondary N) is 1. The molecule has 0 aliphatic heterocycles. The van der Waals surface area contributed by atoms with Gasteiger partial charge in [-0.1, -0.05) is 61.0 Å². The van der Waals surface area contributed by atoms with Crippen LogP contribution in [0.15, 0.2) is 83.8 Å². The molecule has 0 unspecified atom stereocenters. The number of anilines is 1. The van der Waals surface area contributed by atoms with E-state index >= 15 is 0 Å². The summed E-state index contributed by atoms with van der Waals surface area (Å²) in [5.74, 6) is -0.239. The molecular weight excluding hydrogens is 538 g/mol. The van der Waals surface area contributed by atoms with Crippen LogP contribution >= 0.6 is 11.6 Å². The summed E-state index contributed by atoms with van der Waals surface area (Å²) < 4.78 is 33.7. The number of amides is 2. The fraction of sp³-hybridized carbons (Fsp3) is 0.310. The minimum Gasteiger partial charge on any atom is -0.497 e. The van der Waals surface area contributed by atoms with Gasteiger partial charge in [0.05, 0.1) is 22.7 Å². The third-order valence-corrected chi connectivity index (χ3v) is 8.51. The van der Waals surface area contributed by atoms with Crippen LogP contribution in [0, 0.1) is 0 Å². The molecule has 0 spiro atoms. The summed E-state index contributed by atoms with van der Waals surface area (Å²) in [6.07, 6.45) is 0.723. The van der Waals surface area contributed by atoms with Crippen LogP contribution in [0.4, 0.5) is 5.69 Å². The molecule has 0 bridgehead atoms. The van der Waals surface area contributed by atoms with Crippen LogP contribution in [0.3, 0.4) is 0 Å². The number of methoxy groups -OCH3 is 1. The highest BCUT2D eigenvalue weighted by Crippen LogP contribution is 2.30. The van der Waals surface area contributed by atoms with E-state index in [4.69, 9.17) is 16.3 Å². The summed E-state index contributed by atoms with van der Waals surface area (Å²) in [5.41, 5.74) is 0.917. The molecule has 2 atom stereocenters. The van der Waals surface area contributed by atoms with Crippen molar-refractivity contribution in [2.24, 2.45) is 0 Å². The average molecular weight is 572 g/mol. The second-order valence-electron chi connectivity index (χ2n) is 9.14. The van der Waals surface area contributed by atoms with E-state index in [-0.39, 0.29) is 34.1 Å². The molecule has 0 aliphatic rings. The summed E-state index contributed by atoms with van der Waals surface area (Å²) in [7, 11) is -2.61. The number of sulfonamides is 1. The maximum absolute atomic E-state index is 13.9. The molecule has 10 heteroatoms. The molecule has 3 aromatic carbocycles. The first-order valence-corrected chi connectivity index (χ1v) is 14.4. The number of hydrogen-bond acceptors (Lipinski definition) is 5. The molecule has 2 amide bonds. The number of hydrogen-bond donors (Lipinski definition) is 1. The topological polar surface area (TPSA) is 96.0 Å². The van der Waals surface area contributed by atoms with Gasteiger partial charge in [0.2, 0.25) is 11.8 Å². The zero-order valence-electron chi connectivity index (χ0n) is 22.5. The van der Waals surface area contributed by atoms with Gasteiger partial charge in [0.25, 0.3) is 10.0 Å². The molecule has 3 aromatic rings. The second kappa shape index (κ2) is 13.5. The molecule has 8 nitrogen and oxygen atoms in total. The summed E-state index contributed by atoms with van der Waals surface area (Å²) in [4.78, 5) is 28.4. The highest BCUT2D eigenvalue weighted by molar-refractivity contribution is 7.92. The molecular formula is C29H34ClN3O5S. The molecule has 0 saturated carbocycles. The Morgan fingerprint density at radius 2 is 1.56 bits per heavy atom. The Balaban J connectivity index is 2.02. The maximum Gasteiger partial charge on any atom is 0.264 e. The van der Waals surface area contributed by atoms with E-state index in [1.807, 2.05) is 13.8 Å². The summed E-state index contributed by atoms with van der Waals surface area (Å²) >= 11 is 6.41. The highest BCUT2D eigenvalue weighted by Gasteiger charge is 2.33. The Labute approximate surface area is 235 Å². The van der Waals surface area contributed by atoms with Crippen molar-refractivity contribution in [2.45, 2.75) is 50.7 Å². The van der Waals surface area contributed by atoms with Gasteiger partial charge in [0, 0.05) is 12.6 Å². The fourth-order valence-corrected chi connectivity index (χ4v) is 5.60. The van der Waals surface area contributed by atoms with Crippen molar-refractivity contribution in [1.82, 2.24) is 10.2 Å². The average Bonchev–Trinajstić information content (AvgIpc) is 2.95. The Hall–Kier alpha value is -3.56. The molecule has 0 aliphatic carbocycles. The van der Waals surface area contributed by atoms with E-state index in [2.05, 4.69) is 5.32 Å². The lowest BCUT2D eigenvalue weighted by Crippen LogP contribution is -2.52. The monoisotopic (exact) mass is 571 g/mol. The van der Waals surface area contributed by atoms with E-state index < -0.39 is 28.5 Å². The van der Waals surface area contributed by atoms with Crippen molar-refractivity contribution >= 4 is 39.1 Å². The van der Waals surface area contributed by atoms with Gasteiger partial charge in [-0.25, -0.2) is 8.42 Å². The molecule has 39 heavy (non-hydrogen) atoms. The van der Waals surface area contributed by atoms with Gasteiger partial charge in [0.15, 0.2) is 0 Å². The van der Waals surface area contributed by atoms with Gasteiger partial charge in [0.1, 0.15) is 18.3 Å². The van der Waals surface area contributed by atoms with Gasteiger partial charge in [-0.05, 0) is 62.2 Å². The summed E-state index contributed by atoms with van der Waals surface area (Å²) in [6.45, 7) is 4.99. The van der Waals surface area contributed by atoms with E-state index in [0.29, 0.717) is 5.75 Å². The predicted octanol–water partition coefficient (Wildman–Crippen LogP) is 4.88. The normalized spacial score (nSPS) is 12.7. The van der Waals surface area contributed by atoms with Crippen LogP contribution < -0.4 is 14.4 Å². The summed E-state index contributed by atoms with van der Waals surface area (Å²) in [5, 5.41) is 3.09. The zero-order chi connectivity index (χ0) is 28.6. The van der Waals surface area contributed by atoms with Gasteiger partial charge in [-0.15, -0.1) is 0 Å². The Kier molecular flexibility index (Phi) is 10.4. The minimum absolute atomic E-state index is 0.0157. The van der Waals surface area contributed by atoms with Crippen LogP contribution in [0.2, 0.25) is 5.02 Å². The van der Waals surface area contributed by atoms with E-state index in [1.165, 1.54) is 17.0 Å². The highest BCUT2D eigenvalue weighted by atomic mass is 35.5. The molecule has 0 aromatic heterocycles. The van der Waals surface area contributed by atoms with Crippen molar-refractivity contribution in [3.05, 3.63) is 89.4 Å². The number of halogens is 1. The lowest BCUT2D eigenvalue weighted by Gasteiger charge is -2.32. The van der Waals surface area contributed by atoms with E-state index in [0.717, 1.165) is 16.3 Å². The first kappa shape index (κ1) is 30.0. The lowest BCUT2D eigenvalue weighted by molar-refractivity contribution is -0.139. The molecule has 1 N–H and O–H groups in total. The predicted molar refractivity (Wildman–Crippen MR) is 153 cm³/mol. The molecule has 0 saturated heterocycles. The van der Waals surface area contributed by atoms with Crippen molar-refractivity contribution in [3.8, 4) is 5.75 Å². The number of carbonyl (C=O) groups is 2. The molecule has 0 radical (unpaired) electrons. The van der Waals surface area contributed by atoms with Crippen molar-refractivity contribution in [1.29, 1.82) is 0 Å². The smallest absolute Gasteiger partial charge is 0.264 e. The molecule has 3 rings (SSSR count). The number of nitrogens with zero attached hydrogens (tertiary/aromatic N) is 2. The molecule has 0 fully saturated rings. The number of ether oxygens (including phenoxy) is 1. The molecule has 0 heterocycles. The second-order valence-corrected chi connectivity index (χ2v) is 11.4. The fourth-order valence-electron chi connectivity index (χ4n) is 3.86. The summed E-state index contributed by atoms with van der Waals surface area (Å²) in [6, 6.07) is 20.4. The van der Waals surface area contributed by atoms with Crippen LogP contribution in [-0.2, 0) is 26.2 Å². The van der Waals surface area contributed by atoms with Crippen LogP contribution in [0.1, 0.15) is 32.8 Å². The Bertz CT molecular complexity index is 1370. The van der Waals surface area contributed by atoms with Crippen LogP contribution in [0.25, 0.3) is 0 Å². The van der Waals surface area contributed by atoms with E-state index in [9.17, 15) is 18.0 Å². The standard InChI is InChI=1S/C29H34ClN3O5S/c1-5-21(2)31-29(35)22(3)32(19-23-15-17-24(38-4)18-16-23)28(34)20-33(27-14-10-9-13-26(27)30)39(36,37)25-11-7-6-8-12-25/h6-18,21-22H,5,19-20H2,1-4H3,(H,31,35)/t21-,22-/m0/s1. The van der Waals surface area contributed by atoms with Crippen LogP contribution in [-0.4, -0.2) is 50.9 Å². The first-order chi connectivity index (χ1) is 18.6. The van der Waals surface area contributed by atoms with Crippen molar-refractivity contribution < 1.29 is 22.7 Å². The molecule has 208 valence electrons. The number of para-hydroxylation sites is 1. The van der Waals surface area contributed by atoms with Crippen molar-refractivity contribution in [3.63, 3.8) is 0 Å². The number of rotatable bonds is 12. The lowest BCUT2D eigenvalue weighted by atomic mass is 10.1. The van der Waals surface area contributed by atoms with Gasteiger partial charge >= 0.3 is 0 Å². The third kappa shape index (κ3) is 7.52. The zero-order valence-corrected chi connectivity index (χ0v) is 24.1. The number of benzene rings is 3. The van der Waals surface area contributed by atoms with Crippen molar-refractivity contribution in [2.75, 3.05) is 18.0 Å². The van der Waals surface area contributed by atoms with Gasteiger partial charge in [-0.3, -0.25) is 13.9 Å². The minimum atomic E-state index is -4.17. The quantitative estimate of drug-likeness (QED) is 0.334. The largest absolute Gasteiger partial charge is 0.497 e. The Morgan fingerprint density at radius 1 is 0.949 bits per heavy atom. The SMILES string of the molecule is CC[C@H](C)NC(=O)[C@H](C)N(Cc1ccc(OC)cc1)C(=O)CN(c1ccccc1Cl)S(=O)(=O)c1ccccc1.